The average Bonchev–Trinajstić information content (AvgIpc) is 2.42. The van der Waals surface area contributed by atoms with Crippen molar-refractivity contribution in [3.8, 4) is 0 Å². The molecular weight excluding hydrogens is 283 g/mol. The van der Waals surface area contributed by atoms with Crippen LogP contribution in [0.3, 0.4) is 0 Å². The molecule has 0 radical (unpaired) electrons. The molecule has 1 amide bonds. The fourth-order valence-electron chi connectivity index (χ4n) is 1.53. The minimum absolute atomic E-state index is 0.0543. The van der Waals surface area contributed by atoms with Gasteiger partial charge in [0.1, 0.15) is 5.82 Å². The summed E-state index contributed by atoms with van der Waals surface area (Å²) in [4.78, 5) is 11.6. The Kier molecular flexibility index (Phi) is 6.60. The van der Waals surface area contributed by atoms with Gasteiger partial charge in [0.05, 0.1) is 11.3 Å². The lowest BCUT2D eigenvalue weighted by molar-refractivity contribution is 0.0950. The van der Waals surface area contributed by atoms with Crippen LogP contribution in [0.2, 0.25) is 0 Å². The zero-order chi connectivity index (χ0) is 15.0. The van der Waals surface area contributed by atoms with Gasteiger partial charge in [-0.05, 0) is 18.6 Å². The van der Waals surface area contributed by atoms with Crippen LogP contribution in [0.4, 0.5) is 4.39 Å². The third-order valence-electron chi connectivity index (χ3n) is 2.62. The molecular formula is C13H19FN2O3S. The Morgan fingerprint density at radius 3 is 2.60 bits per heavy atom. The van der Waals surface area contributed by atoms with Crippen LogP contribution in [0.5, 0.6) is 0 Å². The van der Waals surface area contributed by atoms with E-state index in [1.807, 2.05) is 6.92 Å². The lowest BCUT2D eigenvalue weighted by Gasteiger charge is -2.08. The van der Waals surface area contributed by atoms with E-state index in [1.54, 1.807) is 6.07 Å². The van der Waals surface area contributed by atoms with Crippen molar-refractivity contribution in [3.63, 3.8) is 0 Å². The van der Waals surface area contributed by atoms with Crippen LogP contribution in [0.25, 0.3) is 0 Å². The summed E-state index contributed by atoms with van der Waals surface area (Å²) in [5.74, 6) is -1.09. The molecule has 0 unspecified atom stereocenters. The Balaban J connectivity index is 2.35. The first-order chi connectivity index (χ1) is 9.46. The van der Waals surface area contributed by atoms with Crippen LogP contribution in [0.1, 0.15) is 30.1 Å². The molecule has 2 N–H and O–H groups in total. The van der Waals surface area contributed by atoms with Gasteiger partial charge in [-0.2, -0.15) is 0 Å². The van der Waals surface area contributed by atoms with Gasteiger partial charge in [0.15, 0.2) is 0 Å². The largest absolute Gasteiger partial charge is 0.351 e. The van der Waals surface area contributed by atoms with Gasteiger partial charge < -0.3 is 5.32 Å². The molecule has 0 aromatic heterocycles. The van der Waals surface area contributed by atoms with Gasteiger partial charge in [0, 0.05) is 13.1 Å². The monoisotopic (exact) mass is 302 g/mol. The summed E-state index contributed by atoms with van der Waals surface area (Å²) in [6.45, 7) is 2.11. The van der Waals surface area contributed by atoms with E-state index in [1.165, 1.54) is 18.2 Å². The first kappa shape index (κ1) is 16.6. The molecule has 1 aromatic rings. The number of amides is 1. The highest BCUT2D eigenvalue weighted by molar-refractivity contribution is 7.89. The molecule has 0 fully saturated rings. The quantitative estimate of drug-likeness (QED) is 0.710. The van der Waals surface area contributed by atoms with Crippen LogP contribution in [-0.2, 0) is 10.0 Å². The minimum Gasteiger partial charge on any atom is -0.351 e. The van der Waals surface area contributed by atoms with Crippen LogP contribution in [0.15, 0.2) is 24.3 Å². The molecule has 112 valence electrons. The number of nitrogens with one attached hydrogen (secondary N) is 2. The predicted octanol–water partition coefficient (Wildman–Crippen LogP) is 1.28. The maximum atomic E-state index is 13.3. The van der Waals surface area contributed by atoms with Crippen molar-refractivity contribution < 1.29 is 17.6 Å². The summed E-state index contributed by atoms with van der Waals surface area (Å²) in [5.41, 5.74) is -0.0543. The van der Waals surface area contributed by atoms with E-state index in [-0.39, 0.29) is 24.4 Å². The molecule has 0 spiro atoms. The van der Waals surface area contributed by atoms with Crippen molar-refractivity contribution >= 4 is 15.9 Å². The van der Waals surface area contributed by atoms with Gasteiger partial charge in [0.2, 0.25) is 10.0 Å². The van der Waals surface area contributed by atoms with Gasteiger partial charge in [-0.3, -0.25) is 4.79 Å². The smallest absolute Gasteiger partial charge is 0.254 e. The Morgan fingerprint density at radius 2 is 1.95 bits per heavy atom. The lowest BCUT2D eigenvalue weighted by atomic mass is 10.2. The van der Waals surface area contributed by atoms with Crippen LogP contribution >= 0.6 is 0 Å². The van der Waals surface area contributed by atoms with Crippen molar-refractivity contribution in [2.24, 2.45) is 0 Å². The van der Waals surface area contributed by atoms with Crippen LogP contribution < -0.4 is 10.0 Å². The standard InChI is InChI=1S/C13H19FN2O3S/c1-2-3-10-20(18,19)16-9-8-15-13(17)11-6-4-5-7-12(11)14/h4-7,16H,2-3,8-10H2,1H3,(H,15,17). The molecule has 0 bridgehead atoms. The second kappa shape index (κ2) is 7.96. The molecule has 0 aliphatic heterocycles. The maximum absolute atomic E-state index is 13.3. The van der Waals surface area contributed by atoms with E-state index in [0.717, 1.165) is 6.42 Å². The van der Waals surface area contributed by atoms with Crippen LogP contribution in [-0.4, -0.2) is 33.2 Å². The zero-order valence-corrected chi connectivity index (χ0v) is 12.2. The first-order valence-corrected chi connectivity index (χ1v) is 8.11. The molecule has 5 nitrogen and oxygen atoms in total. The third-order valence-corrected chi connectivity index (χ3v) is 4.09. The number of carbonyl (C=O) groups is 1. The summed E-state index contributed by atoms with van der Waals surface area (Å²) >= 11 is 0. The maximum Gasteiger partial charge on any atom is 0.254 e. The van der Waals surface area contributed by atoms with E-state index >= 15 is 0 Å². The van der Waals surface area contributed by atoms with Crippen molar-refractivity contribution in [2.45, 2.75) is 19.8 Å². The van der Waals surface area contributed by atoms with Crippen molar-refractivity contribution in [3.05, 3.63) is 35.6 Å². The Morgan fingerprint density at radius 1 is 1.25 bits per heavy atom. The molecule has 20 heavy (non-hydrogen) atoms. The summed E-state index contributed by atoms with van der Waals surface area (Å²) in [6.07, 6.45) is 1.39. The fourth-order valence-corrected chi connectivity index (χ4v) is 2.76. The summed E-state index contributed by atoms with van der Waals surface area (Å²) in [6, 6.07) is 5.62. The topological polar surface area (TPSA) is 75.3 Å². The third kappa shape index (κ3) is 5.66. The Bertz CT molecular complexity index is 546. The van der Waals surface area contributed by atoms with Gasteiger partial charge in [-0.1, -0.05) is 25.5 Å². The van der Waals surface area contributed by atoms with E-state index < -0.39 is 21.7 Å². The van der Waals surface area contributed by atoms with Crippen LogP contribution in [0, 0.1) is 5.82 Å². The molecule has 0 saturated carbocycles. The van der Waals surface area contributed by atoms with Gasteiger partial charge in [0.25, 0.3) is 5.91 Å². The minimum atomic E-state index is -3.29. The molecule has 1 aromatic carbocycles. The molecule has 0 saturated heterocycles. The molecule has 0 heterocycles. The second-order valence-electron chi connectivity index (χ2n) is 4.30. The van der Waals surface area contributed by atoms with Crippen molar-refractivity contribution in [1.82, 2.24) is 10.0 Å². The Hall–Kier alpha value is -1.47. The number of unbranched alkanes of at least 4 members (excludes halogenated alkanes) is 1. The number of hydrogen-bond acceptors (Lipinski definition) is 3. The van der Waals surface area contributed by atoms with Gasteiger partial charge >= 0.3 is 0 Å². The number of rotatable bonds is 8. The molecule has 0 aliphatic carbocycles. The molecule has 0 aliphatic rings. The fraction of sp³-hybridized carbons (Fsp3) is 0.462. The second-order valence-corrected chi connectivity index (χ2v) is 6.23. The SMILES string of the molecule is CCCCS(=O)(=O)NCCNC(=O)c1ccccc1F. The highest BCUT2D eigenvalue weighted by Gasteiger charge is 2.11. The lowest BCUT2D eigenvalue weighted by Crippen LogP contribution is -2.35. The molecule has 0 atom stereocenters. The highest BCUT2D eigenvalue weighted by Crippen LogP contribution is 2.05. The van der Waals surface area contributed by atoms with Crippen molar-refractivity contribution in [2.75, 3.05) is 18.8 Å². The van der Waals surface area contributed by atoms with E-state index in [9.17, 15) is 17.6 Å². The number of carbonyl (C=O) groups excluding carboxylic acids is 1. The molecule has 1 rings (SSSR count). The highest BCUT2D eigenvalue weighted by atomic mass is 32.2. The molecule has 7 heteroatoms. The average molecular weight is 302 g/mol. The number of hydrogen-bond donors (Lipinski definition) is 2. The van der Waals surface area contributed by atoms with E-state index in [2.05, 4.69) is 10.0 Å². The van der Waals surface area contributed by atoms with Gasteiger partial charge in [-0.25, -0.2) is 17.5 Å². The summed E-state index contributed by atoms with van der Waals surface area (Å²) in [7, 11) is -3.29. The summed E-state index contributed by atoms with van der Waals surface area (Å²) < 4.78 is 38.6. The number of sulfonamides is 1. The van der Waals surface area contributed by atoms with E-state index in [4.69, 9.17) is 0 Å². The first-order valence-electron chi connectivity index (χ1n) is 6.46. The zero-order valence-electron chi connectivity index (χ0n) is 11.4. The van der Waals surface area contributed by atoms with Crippen molar-refractivity contribution in [1.29, 1.82) is 0 Å². The van der Waals surface area contributed by atoms with E-state index in [0.29, 0.717) is 6.42 Å². The predicted molar refractivity (Wildman–Crippen MR) is 75.4 cm³/mol. The Labute approximate surface area is 118 Å². The number of halogens is 1. The van der Waals surface area contributed by atoms with Gasteiger partial charge in [-0.15, -0.1) is 0 Å². The number of benzene rings is 1. The normalized spacial score (nSPS) is 11.3. The summed E-state index contributed by atoms with van der Waals surface area (Å²) in [5, 5.41) is 2.46.